The maximum atomic E-state index is 13.1. The van der Waals surface area contributed by atoms with Gasteiger partial charge in [-0.05, 0) is 37.1 Å². The molecule has 136 valence electrons. The van der Waals surface area contributed by atoms with Gasteiger partial charge in [0.1, 0.15) is 4.90 Å². The Morgan fingerprint density at radius 1 is 1.11 bits per heavy atom. The van der Waals surface area contributed by atoms with Gasteiger partial charge in [-0.25, -0.2) is 13.1 Å². The molecule has 0 fully saturated rings. The van der Waals surface area contributed by atoms with E-state index in [4.69, 9.17) is 0 Å². The van der Waals surface area contributed by atoms with Crippen LogP contribution < -0.4 is 9.62 Å². The maximum absolute atomic E-state index is 13.1. The lowest BCUT2D eigenvalue weighted by molar-refractivity contribution is 0.0971. The van der Waals surface area contributed by atoms with Crippen molar-refractivity contribution in [2.75, 3.05) is 9.62 Å². The highest BCUT2D eigenvalue weighted by atomic mass is 32.2. The molecule has 5 rings (SSSR count). The van der Waals surface area contributed by atoms with Crippen molar-refractivity contribution in [2.24, 2.45) is 0 Å². The third-order valence-electron chi connectivity index (χ3n) is 4.83. The normalized spacial score (nSPS) is 19.0. The van der Waals surface area contributed by atoms with Gasteiger partial charge in [-0.1, -0.05) is 30.3 Å². The molecule has 1 aromatic heterocycles. The van der Waals surface area contributed by atoms with Crippen molar-refractivity contribution in [3.05, 3.63) is 59.9 Å². The number of para-hydroxylation sites is 2. The second-order valence-electron chi connectivity index (χ2n) is 6.60. The van der Waals surface area contributed by atoms with E-state index in [2.05, 4.69) is 14.8 Å². The van der Waals surface area contributed by atoms with Crippen molar-refractivity contribution in [3.63, 3.8) is 0 Å². The number of rotatable bonds is 1. The van der Waals surface area contributed by atoms with Crippen LogP contribution >= 0.6 is 0 Å². The fourth-order valence-electron chi connectivity index (χ4n) is 3.65. The predicted octanol–water partition coefficient (Wildman–Crippen LogP) is 1.97. The Bertz CT molecular complexity index is 1200. The molecule has 0 unspecified atom stereocenters. The fourth-order valence-corrected chi connectivity index (χ4v) is 4.82. The number of amides is 1. The van der Waals surface area contributed by atoms with Crippen molar-refractivity contribution >= 4 is 27.6 Å². The standard InChI is InChI=1S/C18H15N5O3S/c1-11-10-12-6-2-3-7-13(12)22(11)17(24)16-19-18-21-27(25,26)15-9-5-4-8-14(15)23(18)20-16/h2-9,11H,10H2,1H3,(H,19,20,21)/t11-/m0/s1. The first kappa shape index (κ1) is 16.0. The first-order valence-electron chi connectivity index (χ1n) is 8.46. The third-order valence-corrected chi connectivity index (χ3v) is 6.21. The molecule has 0 bridgehead atoms. The quantitative estimate of drug-likeness (QED) is 0.695. The minimum Gasteiger partial charge on any atom is -0.302 e. The second kappa shape index (κ2) is 5.40. The summed E-state index contributed by atoms with van der Waals surface area (Å²) in [5, 5.41) is 4.30. The van der Waals surface area contributed by atoms with E-state index >= 15 is 0 Å². The molecule has 1 atom stereocenters. The summed E-state index contributed by atoms with van der Waals surface area (Å²) in [4.78, 5) is 19.1. The zero-order valence-electron chi connectivity index (χ0n) is 14.3. The van der Waals surface area contributed by atoms with E-state index < -0.39 is 10.0 Å². The van der Waals surface area contributed by atoms with Crippen LogP contribution in [-0.2, 0) is 16.4 Å². The highest BCUT2D eigenvalue weighted by molar-refractivity contribution is 7.92. The average molecular weight is 381 g/mol. The van der Waals surface area contributed by atoms with Crippen molar-refractivity contribution in [2.45, 2.75) is 24.3 Å². The van der Waals surface area contributed by atoms with E-state index in [0.29, 0.717) is 5.69 Å². The summed E-state index contributed by atoms with van der Waals surface area (Å²) in [5.41, 5.74) is 2.30. The first-order valence-corrected chi connectivity index (χ1v) is 9.95. The molecule has 9 heteroatoms. The molecule has 8 nitrogen and oxygen atoms in total. The van der Waals surface area contributed by atoms with E-state index in [-0.39, 0.29) is 28.6 Å². The van der Waals surface area contributed by atoms with Gasteiger partial charge in [0.15, 0.2) is 0 Å². The molecule has 0 saturated heterocycles. The zero-order chi connectivity index (χ0) is 18.8. The lowest BCUT2D eigenvalue weighted by atomic mass is 10.1. The van der Waals surface area contributed by atoms with E-state index in [1.54, 1.807) is 23.1 Å². The van der Waals surface area contributed by atoms with Crippen LogP contribution in [-0.4, -0.2) is 35.1 Å². The van der Waals surface area contributed by atoms with Crippen LogP contribution in [0.5, 0.6) is 0 Å². The maximum Gasteiger partial charge on any atom is 0.298 e. The van der Waals surface area contributed by atoms with E-state index in [1.165, 1.54) is 10.7 Å². The number of nitrogens with zero attached hydrogens (tertiary/aromatic N) is 4. The molecule has 0 aliphatic carbocycles. The number of anilines is 2. The Hall–Kier alpha value is -3.20. The molecule has 3 aromatic rings. The molecule has 0 saturated carbocycles. The molecule has 2 aliphatic heterocycles. The van der Waals surface area contributed by atoms with Crippen LogP contribution in [0.1, 0.15) is 23.1 Å². The van der Waals surface area contributed by atoms with Crippen molar-refractivity contribution < 1.29 is 13.2 Å². The average Bonchev–Trinajstić information content (AvgIpc) is 3.21. The predicted molar refractivity (Wildman–Crippen MR) is 98.6 cm³/mol. The van der Waals surface area contributed by atoms with Crippen molar-refractivity contribution in [1.29, 1.82) is 0 Å². The molecule has 1 N–H and O–H groups in total. The molecular formula is C18H15N5O3S. The Morgan fingerprint density at radius 3 is 2.63 bits per heavy atom. The van der Waals surface area contributed by atoms with Crippen LogP contribution in [0, 0.1) is 0 Å². The number of carbonyl (C=O) groups excluding carboxylic acids is 1. The number of sulfonamides is 1. The minimum absolute atomic E-state index is 0.0113. The van der Waals surface area contributed by atoms with Crippen LogP contribution in [0.3, 0.4) is 0 Å². The number of nitrogens with one attached hydrogen (secondary N) is 1. The SMILES string of the molecule is C[C@H]1Cc2ccccc2N1C(=O)c1nc2n(n1)-c1ccccc1S(=O)(=O)N2. The molecule has 27 heavy (non-hydrogen) atoms. The van der Waals surface area contributed by atoms with Gasteiger partial charge < -0.3 is 4.90 Å². The molecule has 2 aromatic carbocycles. The largest absolute Gasteiger partial charge is 0.302 e. The smallest absolute Gasteiger partial charge is 0.298 e. The zero-order valence-corrected chi connectivity index (χ0v) is 15.1. The minimum atomic E-state index is -3.74. The molecule has 2 aliphatic rings. The molecule has 3 heterocycles. The van der Waals surface area contributed by atoms with Crippen LogP contribution in [0.15, 0.2) is 53.4 Å². The van der Waals surface area contributed by atoms with E-state index in [0.717, 1.165) is 17.7 Å². The van der Waals surface area contributed by atoms with E-state index in [1.807, 2.05) is 31.2 Å². The molecule has 0 spiro atoms. The number of carbonyl (C=O) groups is 1. The lowest BCUT2D eigenvalue weighted by Crippen LogP contribution is -2.36. The van der Waals surface area contributed by atoms with Gasteiger partial charge >= 0.3 is 0 Å². The molecular weight excluding hydrogens is 366 g/mol. The molecule has 1 amide bonds. The Labute approximate surface area is 155 Å². The lowest BCUT2D eigenvalue weighted by Gasteiger charge is -2.20. The van der Waals surface area contributed by atoms with Gasteiger partial charge in [-0.2, -0.15) is 9.67 Å². The summed E-state index contributed by atoms with van der Waals surface area (Å²) in [6.45, 7) is 1.96. The summed E-state index contributed by atoms with van der Waals surface area (Å²) in [6.07, 6.45) is 0.755. The summed E-state index contributed by atoms with van der Waals surface area (Å²) >= 11 is 0. The van der Waals surface area contributed by atoms with Gasteiger partial charge in [0.2, 0.25) is 11.8 Å². The van der Waals surface area contributed by atoms with Crippen LogP contribution in [0.2, 0.25) is 0 Å². The van der Waals surface area contributed by atoms with Gasteiger partial charge in [0, 0.05) is 11.7 Å². The number of benzene rings is 2. The second-order valence-corrected chi connectivity index (χ2v) is 8.25. The number of aromatic nitrogens is 3. The Morgan fingerprint density at radius 2 is 1.81 bits per heavy atom. The van der Waals surface area contributed by atoms with E-state index in [9.17, 15) is 13.2 Å². The van der Waals surface area contributed by atoms with Gasteiger partial charge in [-0.15, -0.1) is 5.10 Å². The fraction of sp³-hybridized carbons (Fsp3) is 0.167. The highest BCUT2D eigenvalue weighted by Crippen LogP contribution is 2.34. The summed E-state index contributed by atoms with van der Waals surface area (Å²) < 4.78 is 28.5. The first-order chi connectivity index (χ1) is 13.0. The van der Waals surface area contributed by atoms with Crippen molar-refractivity contribution in [1.82, 2.24) is 14.8 Å². The van der Waals surface area contributed by atoms with Crippen LogP contribution in [0.4, 0.5) is 11.6 Å². The highest BCUT2D eigenvalue weighted by Gasteiger charge is 2.36. The van der Waals surface area contributed by atoms with Gasteiger partial charge in [-0.3, -0.25) is 4.79 Å². The number of fused-ring (bicyclic) bond motifs is 4. The molecule has 0 radical (unpaired) electrons. The third kappa shape index (κ3) is 2.28. The topological polar surface area (TPSA) is 97.2 Å². The monoisotopic (exact) mass is 381 g/mol. The van der Waals surface area contributed by atoms with Crippen molar-refractivity contribution in [3.8, 4) is 5.69 Å². The number of hydrogen-bond donors (Lipinski definition) is 1. The summed E-state index contributed by atoms with van der Waals surface area (Å²) in [7, 11) is -3.74. The Balaban J connectivity index is 1.60. The van der Waals surface area contributed by atoms with Crippen LogP contribution in [0.25, 0.3) is 5.69 Å². The Kier molecular flexibility index (Phi) is 3.20. The van der Waals surface area contributed by atoms with Gasteiger partial charge in [0.25, 0.3) is 15.9 Å². The summed E-state index contributed by atoms with van der Waals surface area (Å²) in [5.74, 6) is -0.392. The van der Waals surface area contributed by atoms with Gasteiger partial charge in [0.05, 0.1) is 5.69 Å². The summed E-state index contributed by atoms with van der Waals surface area (Å²) in [6, 6.07) is 14.2. The number of hydrogen-bond acceptors (Lipinski definition) is 5.